The number of nitro groups is 1. The molecule has 1 fully saturated rings. The van der Waals surface area contributed by atoms with Crippen molar-refractivity contribution in [3.05, 3.63) is 58.4 Å². The molecule has 0 bridgehead atoms. The lowest BCUT2D eigenvalue weighted by molar-refractivity contribution is -0.384. The lowest BCUT2D eigenvalue weighted by atomic mass is 10.1. The number of H-pyrrole nitrogens is 1. The number of hydrogen-bond donors (Lipinski definition) is 1. The number of aromatic nitrogens is 1. The minimum absolute atomic E-state index is 0.00200. The van der Waals surface area contributed by atoms with E-state index in [1.54, 1.807) is 0 Å². The first-order valence-corrected chi connectivity index (χ1v) is 9.47. The molecule has 1 N–H and O–H groups in total. The summed E-state index contributed by atoms with van der Waals surface area (Å²) < 4.78 is 24.9. The van der Waals surface area contributed by atoms with Gasteiger partial charge in [0.1, 0.15) is 0 Å². The summed E-state index contributed by atoms with van der Waals surface area (Å²) in [6.45, 7) is 1.32. The van der Waals surface area contributed by atoms with Crippen molar-refractivity contribution in [2.45, 2.75) is 23.8 Å². The molecule has 7 nitrogen and oxygen atoms in total. The fourth-order valence-corrected chi connectivity index (χ4v) is 4.39. The van der Waals surface area contributed by atoms with Crippen molar-refractivity contribution in [2.24, 2.45) is 0 Å². The smallest absolute Gasteiger partial charge is 0.269 e. The molecule has 128 valence electrons. The molecule has 1 aromatic heterocycles. The van der Waals surface area contributed by atoms with Crippen LogP contribution in [-0.2, 0) is 9.84 Å². The zero-order valence-electron chi connectivity index (χ0n) is 13.1. The van der Waals surface area contributed by atoms with Crippen molar-refractivity contribution in [1.82, 2.24) is 9.88 Å². The summed E-state index contributed by atoms with van der Waals surface area (Å²) >= 11 is 0. The molecule has 8 heteroatoms. The second-order valence-electron chi connectivity index (χ2n) is 5.89. The topological polar surface area (TPSA) is 96.3 Å². The third-order valence-corrected chi connectivity index (χ3v) is 6.11. The van der Waals surface area contributed by atoms with Gasteiger partial charge in [-0.1, -0.05) is 0 Å². The van der Waals surface area contributed by atoms with Gasteiger partial charge in [0.05, 0.1) is 15.6 Å². The highest BCUT2D eigenvalue weighted by Crippen LogP contribution is 2.30. The van der Waals surface area contributed by atoms with Crippen LogP contribution < -0.4 is 0 Å². The number of nitrogens with one attached hydrogen (secondary N) is 1. The van der Waals surface area contributed by atoms with E-state index in [2.05, 4.69) is 9.88 Å². The number of aromatic amines is 1. The minimum atomic E-state index is -3.46. The van der Waals surface area contributed by atoms with E-state index in [9.17, 15) is 18.5 Å². The second-order valence-corrected chi connectivity index (χ2v) is 8.00. The summed E-state index contributed by atoms with van der Waals surface area (Å²) in [6.07, 6.45) is 3.93. The molecule has 1 aromatic carbocycles. The number of non-ortho nitro benzene ring substituents is 1. The monoisotopic (exact) mass is 349 g/mol. The molecule has 3 rings (SSSR count). The lowest BCUT2D eigenvalue weighted by Crippen LogP contribution is -2.29. The molecule has 0 spiro atoms. The first-order valence-electron chi connectivity index (χ1n) is 7.82. The Bertz CT molecular complexity index is 800. The van der Waals surface area contributed by atoms with Gasteiger partial charge in [0, 0.05) is 36.6 Å². The summed E-state index contributed by atoms with van der Waals surface area (Å²) in [6, 6.07) is 9.26. The number of hydrogen-bond acceptors (Lipinski definition) is 5. The van der Waals surface area contributed by atoms with E-state index in [0.29, 0.717) is 6.54 Å². The third-order valence-electron chi connectivity index (χ3n) is 4.40. The Balaban J connectivity index is 1.67. The maximum Gasteiger partial charge on any atom is 0.269 e. The van der Waals surface area contributed by atoms with Crippen LogP contribution in [0.1, 0.15) is 24.6 Å². The van der Waals surface area contributed by atoms with Gasteiger partial charge in [-0.3, -0.25) is 15.0 Å². The van der Waals surface area contributed by atoms with Crippen molar-refractivity contribution in [1.29, 1.82) is 0 Å². The molecular formula is C16H19N3O4S. The predicted octanol–water partition coefficient (Wildman–Crippen LogP) is 2.53. The fraction of sp³-hybridized carbons (Fsp3) is 0.375. The van der Waals surface area contributed by atoms with Crippen LogP contribution in [0.25, 0.3) is 0 Å². The van der Waals surface area contributed by atoms with Gasteiger partial charge in [0.2, 0.25) is 0 Å². The van der Waals surface area contributed by atoms with Crippen LogP contribution in [-0.4, -0.2) is 42.1 Å². The number of nitro benzene ring substituents is 1. The summed E-state index contributed by atoms with van der Waals surface area (Å²) in [5.74, 6) is 0.00200. The van der Waals surface area contributed by atoms with Crippen molar-refractivity contribution in [2.75, 3.05) is 18.8 Å². The molecule has 2 heterocycles. The molecule has 0 aliphatic carbocycles. The number of rotatable bonds is 6. The Hall–Kier alpha value is -2.19. The Morgan fingerprint density at radius 1 is 1.25 bits per heavy atom. The molecule has 1 aliphatic rings. The van der Waals surface area contributed by atoms with Gasteiger partial charge in [-0.25, -0.2) is 8.42 Å². The number of sulfone groups is 1. The second kappa shape index (κ2) is 6.74. The van der Waals surface area contributed by atoms with Crippen LogP contribution in [0.5, 0.6) is 0 Å². The molecule has 1 saturated heterocycles. The van der Waals surface area contributed by atoms with E-state index in [-0.39, 0.29) is 22.4 Å². The van der Waals surface area contributed by atoms with Crippen molar-refractivity contribution < 1.29 is 13.3 Å². The van der Waals surface area contributed by atoms with Gasteiger partial charge in [-0.05, 0) is 43.7 Å². The summed E-state index contributed by atoms with van der Waals surface area (Å²) in [5, 5.41) is 10.7. The van der Waals surface area contributed by atoms with Gasteiger partial charge in [0.25, 0.3) is 5.69 Å². The Morgan fingerprint density at radius 3 is 2.62 bits per heavy atom. The average Bonchev–Trinajstić information content (AvgIpc) is 3.24. The van der Waals surface area contributed by atoms with Crippen LogP contribution in [0, 0.1) is 10.1 Å². The van der Waals surface area contributed by atoms with Crippen LogP contribution in [0.3, 0.4) is 0 Å². The van der Waals surface area contributed by atoms with Gasteiger partial charge >= 0.3 is 0 Å². The first-order chi connectivity index (χ1) is 11.5. The number of likely N-dealkylation sites (tertiary alicyclic amines) is 1. The fourth-order valence-electron chi connectivity index (χ4n) is 3.13. The molecule has 24 heavy (non-hydrogen) atoms. The van der Waals surface area contributed by atoms with Crippen LogP contribution in [0.4, 0.5) is 5.69 Å². The molecule has 2 aromatic rings. The zero-order chi connectivity index (χ0) is 17.2. The Labute approximate surface area is 140 Å². The highest BCUT2D eigenvalue weighted by atomic mass is 32.2. The maximum absolute atomic E-state index is 12.5. The van der Waals surface area contributed by atoms with Crippen molar-refractivity contribution in [3.8, 4) is 0 Å². The quantitative estimate of drug-likeness (QED) is 0.638. The number of benzene rings is 1. The molecule has 0 unspecified atom stereocenters. The highest BCUT2D eigenvalue weighted by molar-refractivity contribution is 7.91. The standard InChI is InChI=1S/C16H19N3O4S/c20-19(21)13-5-7-14(8-6-13)24(22,23)12-11-18-10-2-4-16(18)15-3-1-9-17-15/h1,3,5-9,16-17H,2,4,10-12H2/t16-/m1/s1. The van der Waals surface area contributed by atoms with Crippen molar-refractivity contribution >= 4 is 15.5 Å². The summed E-state index contributed by atoms with van der Waals surface area (Å²) in [5.41, 5.74) is 1.00. The van der Waals surface area contributed by atoms with E-state index < -0.39 is 14.8 Å². The van der Waals surface area contributed by atoms with E-state index >= 15 is 0 Å². The molecule has 1 aliphatic heterocycles. The third kappa shape index (κ3) is 3.49. The summed E-state index contributed by atoms with van der Waals surface area (Å²) in [4.78, 5) is 15.6. The average molecular weight is 349 g/mol. The molecule has 0 radical (unpaired) electrons. The van der Waals surface area contributed by atoms with E-state index in [4.69, 9.17) is 0 Å². The van der Waals surface area contributed by atoms with Crippen LogP contribution in [0.15, 0.2) is 47.5 Å². The predicted molar refractivity (Wildman–Crippen MR) is 89.5 cm³/mol. The van der Waals surface area contributed by atoms with Gasteiger partial charge < -0.3 is 4.98 Å². The zero-order valence-corrected chi connectivity index (χ0v) is 13.9. The molecule has 0 amide bonds. The van der Waals surface area contributed by atoms with Gasteiger partial charge in [-0.2, -0.15) is 0 Å². The molecular weight excluding hydrogens is 330 g/mol. The molecule has 1 atom stereocenters. The number of nitrogens with zero attached hydrogens (tertiary/aromatic N) is 2. The minimum Gasteiger partial charge on any atom is -0.364 e. The van der Waals surface area contributed by atoms with E-state index in [1.165, 1.54) is 24.3 Å². The van der Waals surface area contributed by atoms with Crippen LogP contribution in [0.2, 0.25) is 0 Å². The van der Waals surface area contributed by atoms with Crippen LogP contribution >= 0.6 is 0 Å². The maximum atomic E-state index is 12.5. The van der Waals surface area contributed by atoms with Gasteiger partial charge in [0.15, 0.2) is 9.84 Å². The largest absolute Gasteiger partial charge is 0.364 e. The lowest BCUT2D eigenvalue weighted by Gasteiger charge is -2.23. The first kappa shape index (κ1) is 16.7. The van der Waals surface area contributed by atoms with E-state index in [1.807, 2.05) is 18.3 Å². The van der Waals surface area contributed by atoms with Crippen molar-refractivity contribution in [3.63, 3.8) is 0 Å². The highest BCUT2D eigenvalue weighted by Gasteiger charge is 2.28. The Kier molecular flexibility index (Phi) is 4.68. The molecule has 0 saturated carbocycles. The summed E-state index contributed by atoms with van der Waals surface area (Å²) in [7, 11) is -3.46. The SMILES string of the molecule is O=[N+]([O-])c1ccc(S(=O)(=O)CCN2CCC[C@@H]2c2ccc[nH]2)cc1. The van der Waals surface area contributed by atoms with Gasteiger partial charge in [-0.15, -0.1) is 0 Å². The Morgan fingerprint density at radius 2 is 2.00 bits per heavy atom. The van der Waals surface area contributed by atoms with E-state index in [0.717, 1.165) is 25.1 Å². The normalized spacial score (nSPS) is 18.8.